The van der Waals surface area contributed by atoms with Crippen LogP contribution in [0.4, 0.5) is 5.69 Å². The molecule has 4 aliphatic heterocycles. The van der Waals surface area contributed by atoms with Gasteiger partial charge in [0, 0.05) is 61.4 Å². The number of likely N-dealkylation sites (tertiary alicyclic amines) is 1. The number of unbranched alkanes of at least 4 members (excludes halogenated alkanes) is 2. The van der Waals surface area contributed by atoms with Crippen molar-refractivity contribution in [1.29, 1.82) is 0 Å². The van der Waals surface area contributed by atoms with E-state index in [0.717, 1.165) is 36.9 Å². The molecular weight excluding hydrogens is 504 g/mol. The Labute approximate surface area is 232 Å². The fourth-order valence-corrected chi connectivity index (χ4v) is 7.19. The average molecular weight is 537 g/mol. The minimum absolute atomic E-state index is 0.0521. The first-order valence-electron chi connectivity index (χ1n) is 14.3. The van der Waals surface area contributed by atoms with Crippen LogP contribution in [0.5, 0.6) is 0 Å². The number of nitrogens with zero attached hydrogens (tertiary/aromatic N) is 4. The highest BCUT2D eigenvalue weighted by Crippen LogP contribution is 2.45. The number of hydrogen-bond acceptors (Lipinski definition) is 4. The number of pyridine rings is 1. The van der Waals surface area contributed by atoms with Gasteiger partial charge in [0.1, 0.15) is 6.17 Å². The van der Waals surface area contributed by atoms with E-state index in [2.05, 4.69) is 0 Å². The smallest absolute Gasteiger partial charge is 0.260 e. The van der Waals surface area contributed by atoms with Gasteiger partial charge in [0.15, 0.2) is 0 Å². The molecule has 5 heterocycles. The van der Waals surface area contributed by atoms with Crippen molar-refractivity contribution in [3.63, 3.8) is 0 Å². The molecule has 1 fully saturated rings. The highest BCUT2D eigenvalue weighted by Gasteiger charge is 2.47. The Bertz CT molecular complexity index is 1580. The van der Waals surface area contributed by atoms with Gasteiger partial charge in [-0.25, -0.2) is 0 Å². The van der Waals surface area contributed by atoms with E-state index in [1.54, 1.807) is 17.0 Å². The van der Waals surface area contributed by atoms with Crippen molar-refractivity contribution in [2.24, 2.45) is 5.92 Å². The molecule has 7 rings (SSSR count). The molecule has 1 saturated heterocycles. The highest BCUT2D eigenvalue weighted by atomic mass is 16.2. The standard InChI is InChI=1S/C32H32N4O4/c37-28(33-18-21-17-22(20-33)26-13-8-15-29(38)35(26)19-21)14-2-1-7-16-34-30-23-9-3-4-10-24(23)32(40)36(30)27-12-6-5-11-25(27)31(34)39/h3-6,8-13,15,21-22,30H,1-2,7,14,16-20H2/t21-,22+,30-/m1/s1. The number of rotatable bonds is 6. The van der Waals surface area contributed by atoms with Crippen molar-refractivity contribution in [2.45, 2.75) is 50.7 Å². The molecule has 3 aromatic rings. The Morgan fingerprint density at radius 2 is 1.57 bits per heavy atom. The lowest BCUT2D eigenvalue weighted by atomic mass is 9.83. The summed E-state index contributed by atoms with van der Waals surface area (Å²) in [6.45, 7) is 2.59. The van der Waals surface area contributed by atoms with Gasteiger partial charge in [-0.1, -0.05) is 42.8 Å². The third-order valence-corrected chi connectivity index (χ3v) is 9.00. The molecule has 0 N–H and O–H groups in total. The first-order valence-corrected chi connectivity index (χ1v) is 14.3. The average Bonchev–Trinajstić information content (AvgIpc) is 3.27. The lowest BCUT2D eigenvalue weighted by molar-refractivity contribution is -0.134. The van der Waals surface area contributed by atoms with Crippen LogP contribution in [-0.2, 0) is 11.3 Å². The molecular formula is C32H32N4O4. The van der Waals surface area contributed by atoms with Crippen LogP contribution in [0, 0.1) is 5.92 Å². The molecule has 4 aliphatic rings. The quantitative estimate of drug-likeness (QED) is 0.443. The molecule has 0 spiro atoms. The topological polar surface area (TPSA) is 82.9 Å². The van der Waals surface area contributed by atoms with Crippen molar-refractivity contribution < 1.29 is 14.4 Å². The van der Waals surface area contributed by atoms with Gasteiger partial charge in [-0.15, -0.1) is 0 Å². The third kappa shape index (κ3) is 3.96. The molecule has 0 radical (unpaired) electrons. The Balaban J connectivity index is 0.985. The predicted octanol–water partition coefficient (Wildman–Crippen LogP) is 4.17. The van der Waals surface area contributed by atoms with Crippen LogP contribution in [0.3, 0.4) is 0 Å². The van der Waals surface area contributed by atoms with Crippen molar-refractivity contribution in [2.75, 3.05) is 24.5 Å². The van der Waals surface area contributed by atoms with Crippen molar-refractivity contribution >= 4 is 23.4 Å². The van der Waals surface area contributed by atoms with E-state index in [1.807, 2.05) is 69.0 Å². The van der Waals surface area contributed by atoms with Gasteiger partial charge in [0.25, 0.3) is 17.4 Å². The van der Waals surface area contributed by atoms with Crippen LogP contribution < -0.4 is 10.5 Å². The Morgan fingerprint density at radius 1 is 0.775 bits per heavy atom. The molecule has 40 heavy (non-hydrogen) atoms. The molecule has 204 valence electrons. The van der Waals surface area contributed by atoms with Crippen LogP contribution in [0.2, 0.25) is 0 Å². The number of benzene rings is 2. The number of carbonyl (C=O) groups excluding carboxylic acids is 3. The lowest BCUT2D eigenvalue weighted by Gasteiger charge is -2.42. The van der Waals surface area contributed by atoms with Crippen LogP contribution in [0.15, 0.2) is 71.5 Å². The van der Waals surface area contributed by atoms with Crippen LogP contribution in [0.25, 0.3) is 0 Å². The van der Waals surface area contributed by atoms with Gasteiger partial charge in [0.05, 0.1) is 11.3 Å². The highest BCUT2D eigenvalue weighted by molar-refractivity contribution is 6.16. The summed E-state index contributed by atoms with van der Waals surface area (Å²) in [5.41, 5.74) is 3.83. The fourth-order valence-electron chi connectivity index (χ4n) is 7.19. The second-order valence-electron chi connectivity index (χ2n) is 11.5. The van der Waals surface area contributed by atoms with E-state index in [-0.39, 0.29) is 29.2 Å². The van der Waals surface area contributed by atoms with Gasteiger partial charge < -0.3 is 14.4 Å². The maximum atomic E-state index is 13.6. The predicted molar refractivity (Wildman–Crippen MR) is 150 cm³/mol. The first kappa shape index (κ1) is 24.8. The van der Waals surface area contributed by atoms with E-state index in [9.17, 15) is 19.2 Å². The van der Waals surface area contributed by atoms with E-state index in [4.69, 9.17) is 0 Å². The van der Waals surface area contributed by atoms with E-state index in [1.165, 1.54) is 0 Å². The second kappa shape index (κ2) is 9.77. The molecule has 3 amide bonds. The van der Waals surface area contributed by atoms with E-state index < -0.39 is 6.17 Å². The SMILES string of the molecule is O=C(CCCCCN1C(=O)c2ccccc2N2C(=O)c3ccccc3[C@H]12)N1C[C@H]2C[C@@H](C1)c1cccc(=O)n1C2. The molecule has 3 atom stereocenters. The second-order valence-corrected chi connectivity index (χ2v) is 11.5. The van der Waals surface area contributed by atoms with Crippen molar-refractivity contribution in [3.05, 3.63) is 99.5 Å². The van der Waals surface area contributed by atoms with Crippen LogP contribution in [0.1, 0.15) is 76.2 Å². The summed E-state index contributed by atoms with van der Waals surface area (Å²) in [6, 6.07) is 20.3. The Hall–Kier alpha value is -4.20. The minimum Gasteiger partial charge on any atom is -0.342 e. The summed E-state index contributed by atoms with van der Waals surface area (Å²) in [5, 5.41) is 0. The van der Waals surface area contributed by atoms with Gasteiger partial charge >= 0.3 is 0 Å². The molecule has 2 aromatic carbocycles. The van der Waals surface area contributed by atoms with Gasteiger partial charge in [-0.3, -0.25) is 24.1 Å². The first-order chi connectivity index (χ1) is 19.5. The summed E-state index contributed by atoms with van der Waals surface area (Å²) >= 11 is 0. The molecule has 0 unspecified atom stereocenters. The van der Waals surface area contributed by atoms with E-state index in [0.29, 0.717) is 55.3 Å². The monoisotopic (exact) mass is 536 g/mol. The van der Waals surface area contributed by atoms with Crippen LogP contribution in [-0.4, -0.2) is 51.7 Å². The largest absolute Gasteiger partial charge is 0.342 e. The number of hydrogen-bond donors (Lipinski definition) is 0. The fraction of sp³-hybridized carbons (Fsp3) is 0.375. The van der Waals surface area contributed by atoms with E-state index >= 15 is 0 Å². The number of amides is 3. The number of piperidine rings is 1. The van der Waals surface area contributed by atoms with Crippen molar-refractivity contribution in [3.8, 4) is 0 Å². The zero-order valence-electron chi connectivity index (χ0n) is 22.4. The Morgan fingerprint density at radius 3 is 2.45 bits per heavy atom. The molecule has 2 bridgehead atoms. The molecule has 0 saturated carbocycles. The number of para-hydroxylation sites is 1. The zero-order valence-corrected chi connectivity index (χ0v) is 22.4. The summed E-state index contributed by atoms with van der Waals surface area (Å²) in [4.78, 5) is 57.9. The molecule has 8 heteroatoms. The maximum Gasteiger partial charge on any atom is 0.260 e. The van der Waals surface area contributed by atoms with Gasteiger partial charge in [0.2, 0.25) is 5.91 Å². The Kier molecular flexibility index (Phi) is 6.06. The molecule has 8 nitrogen and oxygen atoms in total. The summed E-state index contributed by atoms with van der Waals surface area (Å²) in [5.74, 6) is 0.582. The summed E-state index contributed by atoms with van der Waals surface area (Å²) < 4.78 is 1.89. The summed E-state index contributed by atoms with van der Waals surface area (Å²) in [7, 11) is 0. The summed E-state index contributed by atoms with van der Waals surface area (Å²) in [6.07, 6.45) is 3.40. The van der Waals surface area contributed by atoms with Crippen LogP contribution >= 0.6 is 0 Å². The lowest BCUT2D eigenvalue weighted by Crippen LogP contribution is -2.49. The molecule has 1 aromatic heterocycles. The van der Waals surface area contributed by atoms with Gasteiger partial charge in [-0.05, 0) is 49.4 Å². The third-order valence-electron chi connectivity index (χ3n) is 9.00. The van der Waals surface area contributed by atoms with Crippen molar-refractivity contribution in [1.82, 2.24) is 14.4 Å². The number of aromatic nitrogens is 1. The number of anilines is 1. The zero-order chi connectivity index (χ0) is 27.4. The number of carbonyl (C=O) groups is 3. The maximum absolute atomic E-state index is 13.6. The molecule has 0 aliphatic carbocycles. The number of fused-ring (bicyclic) bond motifs is 9. The minimum atomic E-state index is -0.434. The van der Waals surface area contributed by atoms with Gasteiger partial charge in [-0.2, -0.15) is 0 Å². The normalized spacial score (nSPS) is 22.5.